The van der Waals surface area contributed by atoms with Crippen molar-refractivity contribution in [1.29, 1.82) is 0 Å². The average molecular weight is 1420 g/mol. The van der Waals surface area contributed by atoms with Crippen molar-refractivity contribution in [2.24, 2.45) is 31.8 Å². The number of carbonyl (C=O) groups is 3. The summed E-state index contributed by atoms with van der Waals surface area (Å²) in [5.74, 6) is 10.7. The van der Waals surface area contributed by atoms with Crippen LogP contribution in [0.25, 0.3) is 21.5 Å². The van der Waals surface area contributed by atoms with Crippen molar-refractivity contribution in [3.05, 3.63) is 130 Å². The van der Waals surface area contributed by atoms with E-state index in [1.807, 2.05) is 102 Å². The van der Waals surface area contributed by atoms with E-state index in [1.165, 1.54) is 0 Å². The molecule has 0 saturated carbocycles. The Hall–Kier alpha value is -7.25. The number of benzene rings is 4. The minimum absolute atomic E-state index is 0.00264. The molecule has 1 atom stereocenters. The van der Waals surface area contributed by atoms with Crippen molar-refractivity contribution in [3.63, 3.8) is 0 Å². The van der Waals surface area contributed by atoms with E-state index in [9.17, 15) is 52.9 Å². The minimum atomic E-state index is -7.14. The summed E-state index contributed by atoms with van der Waals surface area (Å²) in [6.45, 7) is 8.61. The predicted octanol–water partition coefficient (Wildman–Crippen LogP) is 2.48. The maximum atomic E-state index is 14.1. The average Bonchev–Trinajstić information content (AvgIpc) is 1.50. The number of nitrogens with one attached hydrogen (secondary N) is 3. The van der Waals surface area contributed by atoms with E-state index >= 15 is 0 Å². The molecule has 30 nitrogen and oxygen atoms in total. The molecule has 2 amide bonds. The Kier molecular flexibility index (Phi) is 17.6. The molecule has 1 unspecified atom stereocenters. The quantitative estimate of drug-likeness (QED) is 0.0100. The van der Waals surface area contributed by atoms with Gasteiger partial charge in [0.1, 0.15) is 0 Å². The summed E-state index contributed by atoms with van der Waals surface area (Å²) in [6.07, 6.45) is 1.19. The van der Waals surface area contributed by atoms with Crippen LogP contribution in [-0.2, 0) is 67.0 Å². The number of nitrogens with zero attached hydrogens (tertiary/aromatic N) is 9. The number of aromatic nitrogens is 2. The van der Waals surface area contributed by atoms with E-state index in [-0.39, 0.29) is 88.3 Å². The van der Waals surface area contributed by atoms with E-state index in [0.717, 1.165) is 43.8 Å². The first-order chi connectivity index (χ1) is 45.1. The van der Waals surface area contributed by atoms with Crippen molar-refractivity contribution < 1.29 is 83.8 Å². The van der Waals surface area contributed by atoms with Crippen LogP contribution < -0.4 is 38.1 Å². The molecule has 0 bridgehead atoms. The van der Waals surface area contributed by atoms with Crippen LogP contribution in [0.5, 0.6) is 0 Å². The first-order valence-electron chi connectivity index (χ1n) is 31.4. The molecule has 36 heteroatoms. The van der Waals surface area contributed by atoms with Crippen LogP contribution in [0.2, 0.25) is 38.3 Å². The molecular weight excluding hydrogens is 1340 g/mol. The van der Waals surface area contributed by atoms with Crippen LogP contribution in [0.3, 0.4) is 0 Å². The summed E-state index contributed by atoms with van der Waals surface area (Å²) in [6, 6.07) is 33.1. The molecule has 1 spiro atoms. The summed E-state index contributed by atoms with van der Waals surface area (Å²) in [4.78, 5) is 66.4. The zero-order chi connectivity index (χ0) is 67.6. The van der Waals surface area contributed by atoms with Gasteiger partial charge in [0.25, 0.3) is 20.2 Å². The number of hydrogen-bond donors (Lipinski definition) is 7. The molecule has 6 aromatic rings. The number of hydrogen-bond acceptors (Lipinski definition) is 20. The summed E-state index contributed by atoms with van der Waals surface area (Å²) < 4.78 is 129. The summed E-state index contributed by atoms with van der Waals surface area (Å²) in [7, 11) is -27.2. The third kappa shape index (κ3) is 11.6. The van der Waals surface area contributed by atoms with Gasteiger partial charge >= 0.3 is 440 Å². The van der Waals surface area contributed by atoms with Crippen molar-refractivity contribution in [2.75, 3.05) is 70.5 Å². The van der Waals surface area contributed by atoms with Gasteiger partial charge in [-0.15, -0.1) is 0 Å². The van der Waals surface area contributed by atoms with Crippen LogP contribution in [0.1, 0.15) is 67.2 Å². The Morgan fingerprint density at radius 2 is 1.03 bits per heavy atom. The number of amides is 2. The number of carbonyl (C=O) groups excluding carboxylic acids is 3. The van der Waals surface area contributed by atoms with Crippen LogP contribution in [-0.4, -0.2) is 192 Å². The Morgan fingerprint density at radius 3 is 1.53 bits per heavy atom. The number of quaternary nitrogens is 1. The van der Waals surface area contributed by atoms with E-state index in [2.05, 4.69) is 62.9 Å². The van der Waals surface area contributed by atoms with Gasteiger partial charge in [-0.1, -0.05) is 0 Å². The molecule has 9 N–H and O–H groups in total. The molecule has 0 fully saturated rings. The Labute approximate surface area is 549 Å². The van der Waals surface area contributed by atoms with Crippen LogP contribution >= 0.6 is 0 Å². The molecule has 8 heterocycles. The maximum absolute atomic E-state index is 14.1. The van der Waals surface area contributed by atoms with Gasteiger partial charge in [-0.05, 0) is 0 Å². The van der Waals surface area contributed by atoms with Gasteiger partial charge in [0, 0.05) is 25.8 Å². The van der Waals surface area contributed by atoms with E-state index < -0.39 is 91.5 Å². The summed E-state index contributed by atoms with van der Waals surface area (Å²) in [5, 5.41) is 9.27. The number of nitrogens with two attached hydrogens (primary N) is 2. The zero-order valence-corrected chi connectivity index (χ0v) is 58.3. The predicted molar refractivity (Wildman–Crippen MR) is 358 cm³/mol. The fraction of sp³-hybridized carbons (Fsp3) is 0.407. The van der Waals surface area contributed by atoms with Crippen molar-refractivity contribution in [2.45, 2.75) is 83.2 Å². The SMILES string of the molecule is C[Si](C)(CCCNC(=O)CCC[N+](CCCNS(=O)(=O)O)(CCCS(=O)(=O)O)CCCS(=O)(=O)ON)O[Si-2]123(O[Si](C)(C)CCCNC(=O)COCC(=O)ON)n4c5c6ccccc6c4N=C4c6ccccc6C(=[N+]41)N=c1c4ccccc4c(n12)=NC1=[N+]3C(=N5)c2ccccc21. The number of ether oxygens (including phenoxy) is 1. The van der Waals surface area contributed by atoms with Gasteiger partial charge in [-0.25, -0.2) is 0 Å². The molecule has 95 heavy (non-hydrogen) atoms. The second kappa shape index (κ2) is 24.7. The first-order valence-corrected chi connectivity index (χ1v) is 44.8. The van der Waals surface area contributed by atoms with Gasteiger partial charge in [-0.3, -0.25) is 9.11 Å². The topological polar surface area (TPSA) is 394 Å². The molecule has 0 radical (unpaired) electrons. The van der Waals surface area contributed by atoms with Crippen LogP contribution in [0.15, 0.2) is 117 Å². The van der Waals surface area contributed by atoms with Gasteiger partial charge in [-0.2, -0.15) is 46.1 Å². The fourth-order valence-electron chi connectivity index (χ4n) is 15.2. The summed E-state index contributed by atoms with van der Waals surface area (Å²) >= 11 is 0. The third-order valence-electron chi connectivity index (χ3n) is 18.6. The fourth-order valence-corrected chi connectivity index (χ4v) is 39.0. The molecule has 0 saturated heterocycles. The third-order valence-corrected chi connectivity index (χ3v) is 37.7. The Morgan fingerprint density at radius 1 is 0.568 bits per heavy atom. The molecule has 508 valence electrons. The van der Waals surface area contributed by atoms with Crippen LogP contribution in [0.4, 0.5) is 11.6 Å². The first kappa shape index (κ1) is 67.7. The van der Waals surface area contributed by atoms with E-state index in [0.29, 0.717) is 70.9 Å². The second-order valence-electron chi connectivity index (χ2n) is 26.0. The van der Waals surface area contributed by atoms with Crippen molar-refractivity contribution in [3.8, 4) is 0 Å². The van der Waals surface area contributed by atoms with Gasteiger partial charge in [0.05, 0.1) is 11.5 Å². The number of rotatable bonds is 34. The zero-order valence-electron chi connectivity index (χ0n) is 52.9. The van der Waals surface area contributed by atoms with E-state index in [1.54, 1.807) is 0 Å². The standard InChI is InChI=1S/C59H76N14O16S3Si3/c1-93(2,37-15-28-62-49(74)27-13-31-73(33-17-35-90(77,78)79,32-14-30-64-92(82,83)84)34-18-36-91(80,81)87-61)88-95(89-94(3,4)38-16-29-63-50(75)39-85-40-51(76)86-60)69-52-41-19-5-6-20-42(41)53(69)66-55-45-23-9-10-24-46(45)57(71(55)95)68-59-48-26-12-11-25-47(48)58(72(59)95)67-56-44-22-8-7-21-43(44)54(65-52)70(56)95/h5-12,19-26,64H,13-18,27-40,60-61H2,1-4H3,(H3-,62,63,74,75,77,78,79,82,83,84)/p+1. The Bertz CT molecular complexity index is 4690. The molecule has 6 aliphatic rings. The normalized spacial score (nSPS) is 17.9. The molecule has 2 aromatic heterocycles. The second-order valence-corrected chi connectivity index (χ2v) is 44.8. The monoisotopic (exact) mass is 1420 g/mol. The van der Waals surface area contributed by atoms with Gasteiger partial charge < -0.3 is 0 Å². The summed E-state index contributed by atoms with van der Waals surface area (Å²) in [5.41, 5.74) is 4.30. The molecule has 12 rings (SSSR count). The van der Waals surface area contributed by atoms with Gasteiger partial charge in [0.15, 0.2) is 0 Å². The molecular formula is C59H77N14O16S3Si3+. The van der Waals surface area contributed by atoms with E-state index in [4.69, 9.17) is 40.6 Å². The van der Waals surface area contributed by atoms with Crippen molar-refractivity contribution in [1.82, 2.24) is 23.8 Å². The number of amidine groups is 4. The van der Waals surface area contributed by atoms with Crippen LogP contribution in [0, 0.1) is 0 Å². The van der Waals surface area contributed by atoms with Crippen molar-refractivity contribution >= 4 is 129 Å². The molecule has 0 aliphatic carbocycles. The number of aliphatic imine (C=N–C) groups is 2. The molecule has 6 aliphatic heterocycles. The number of fused-ring (bicyclic) bond motifs is 12. The van der Waals surface area contributed by atoms with Gasteiger partial charge in [0.2, 0.25) is 0 Å². The molecule has 4 aromatic carbocycles. The Balaban J connectivity index is 0.956.